The zero-order valence-electron chi connectivity index (χ0n) is 14.6. The van der Waals surface area contributed by atoms with E-state index in [9.17, 15) is 22.0 Å². The van der Waals surface area contributed by atoms with Crippen LogP contribution in [0.5, 0.6) is 5.75 Å². The Labute approximate surface area is 155 Å². The van der Waals surface area contributed by atoms with Crippen LogP contribution in [0.3, 0.4) is 0 Å². The van der Waals surface area contributed by atoms with Gasteiger partial charge in [-0.3, -0.25) is 4.79 Å². The van der Waals surface area contributed by atoms with E-state index >= 15 is 0 Å². The molecule has 0 unspecified atom stereocenters. The summed E-state index contributed by atoms with van der Waals surface area (Å²) in [5.41, 5.74) is 0.684. The first-order chi connectivity index (χ1) is 12.8. The van der Waals surface area contributed by atoms with Gasteiger partial charge in [0, 0.05) is 17.8 Å². The second-order valence-electron chi connectivity index (χ2n) is 6.91. The Kier molecular flexibility index (Phi) is 4.31. The molecule has 1 aromatic carbocycles. The van der Waals surface area contributed by atoms with Crippen LogP contribution in [0.25, 0.3) is 0 Å². The van der Waals surface area contributed by atoms with Crippen molar-refractivity contribution in [3.63, 3.8) is 0 Å². The molecule has 2 heterocycles. The van der Waals surface area contributed by atoms with Crippen molar-refractivity contribution < 1.29 is 21.9 Å². The summed E-state index contributed by atoms with van der Waals surface area (Å²) in [6.45, 7) is 1.99. The maximum atomic E-state index is 13.3. The molecule has 0 bridgehead atoms. The fourth-order valence-corrected chi connectivity index (χ4v) is 4.72. The van der Waals surface area contributed by atoms with Crippen LogP contribution in [0.4, 0.5) is 8.78 Å². The summed E-state index contributed by atoms with van der Waals surface area (Å²) in [5.74, 6) is -1.91. The molecule has 2 aliphatic rings. The topological polar surface area (TPSA) is 68.6 Å². The van der Waals surface area contributed by atoms with Crippen molar-refractivity contribution >= 4 is 10.0 Å². The average molecular weight is 396 g/mol. The summed E-state index contributed by atoms with van der Waals surface area (Å²) in [7, 11) is -3.91. The van der Waals surface area contributed by atoms with Gasteiger partial charge < -0.3 is 9.30 Å². The number of pyridine rings is 1. The van der Waals surface area contributed by atoms with E-state index in [1.54, 1.807) is 10.6 Å². The highest BCUT2D eigenvalue weighted by Gasteiger charge is 2.38. The summed E-state index contributed by atoms with van der Waals surface area (Å²) in [5, 5.41) is 0. The van der Waals surface area contributed by atoms with E-state index < -0.39 is 27.8 Å². The summed E-state index contributed by atoms with van der Waals surface area (Å²) in [6, 6.07) is 5.94. The third kappa shape index (κ3) is 3.37. The molecule has 1 saturated heterocycles. The van der Waals surface area contributed by atoms with Gasteiger partial charge in [-0.05, 0) is 44.0 Å². The predicted molar refractivity (Wildman–Crippen MR) is 93.2 cm³/mol. The van der Waals surface area contributed by atoms with Crippen molar-refractivity contribution in [3.05, 3.63) is 58.0 Å². The van der Waals surface area contributed by atoms with Crippen LogP contribution in [-0.2, 0) is 10.0 Å². The maximum Gasteiger partial charge on any atom is 0.254 e. The number of hydrogen-bond acceptors (Lipinski definition) is 4. The van der Waals surface area contributed by atoms with Crippen LogP contribution in [0.1, 0.15) is 24.6 Å². The molecule has 0 spiro atoms. The first-order valence-electron chi connectivity index (χ1n) is 8.61. The molecule has 144 valence electrons. The molecule has 1 aromatic heterocycles. The molecule has 0 amide bonds. The van der Waals surface area contributed by atoms with Gasteiger partial charge in [0.25, 0.3) is 5.56 Å². The second kappa shape index (κ2) is 6.42. The summed E-state index contributed by atoms with van der Waals surface area (Å²) >= 11 is 0. The highest BCUT2D eigenvalue weighted by Crippen LogP contribution is 2.35. The van der Waals surface area contributed by atoms with Crippen LogP contribution in [0.2, 0.25) is 0 Å². The SMILES string of the molecule is Cc1cc(OC2CN(S(=O)(=O)c3ccc(F)c(F)c3)C2)cc(=O)n1C1CC1. The molecule has 27 heavy (non-hydrogen) atoms. The van der Waals surface area contributed by atoms with Crippen molar-refractivity contribution in [2.24, 2.45) is 0 Å². The molecule has 2 aromatic rings. The van der Waals surface area contributed by atoms with Crippen molar-refractivity contribution in [2.75, 3.05) is 13.1 Å². The van der Waals surface area contributed by atoms with Crippen molar-refractivity contribution in [1.82, 2.24) is 8.87 Å². The Hall–Kier alpha value is -2.26. The molecule has 1 aliphatic carbocycles. The number of aromatic nitrogens is 1. The summed E-state index contributed by atoms with van der Waals surface area (Å²) in [6.07, 6.45) is 1.60. The maximum absolute atomic E-state index is 13.3. The molecular weight excluding hydrogens is 378 g/mol. The minimum atomic E-state index is -3.91. The Morgan fingerprint density at radius 3 is 2.37 bits per heavy atom. The quantitative estimate of drug-likeness (QED) is 0.777. The van der Waals surface area contributed by atoms with E-state index in [1.807, 2.05) is 6.92 Å². The normalized spacial score (nSPS) is 18.3. The lowest BCUT2D eigenvalue weighted by atomic mass is 10.2. The predicted octanol–water partition coefficient (Wildman–Crippen LogP) is 2.22. The third-order valence-electron chi connectivity index (χ3n) is 4.79. The minimum absolute atomic E-state index is 0.0755. The molecule has 6 nitrogen and oxygen atoms in total. The molecule has 2 fully saturated rings. The van der Waals surface area contributed by atoms with Crippen LogP contribution < -0.4 is 10.3 Å². The Morgan fingerprint density at radius 2 is 1.78 bits per heavy atom. The fourth-order valence-electron chi connectivity index (χ4n) is 3.20. The Morgan fingerprint density at radius 1 is 1.07 bits per heavy atom. The number of rotatable bonds is 5. The Balaban J connectivity index is 1.43. The standard InChI is InChI=1S/C18H18F2N2O4S/c1-11-6-13(7-18(23)22(11)12-2-3-12)26-14-9-21(10-14)27(24,25)15-4-5-16(19)17(20)8-15/h4-8,12,14H,2-3,9-10H2,1H3. The number of ether oxygens (including phenoxy) is 1. The van der Waals surface area contributed by atoms with E-state index in [4.69, 9.17) is 4.74 Å². The van der Waals surface area contributed by atoms with E-state index in [2.05, 4.69) is 0 Å². The number of benzene rings is 1. The third-order valence-corrected chi connectivity index (χ3v) is 6.62. The van der Waals surface area contributed by atoms with Crippen LogP contribution in [0, 0.1) is 18.6 Å². The molecule has 0 N–H and O–H groups in total. The number of sulfonamides is 1. The van der Waals surface area contributed by atoms with Gasteiger partial charge in [-0.25, -0.2) is 17.2 Å². The number of hydrogen-bond donors (Lipinski definition) is 0. The fraction of sp³-hybridized carbons (Fsp3) is 0.389. The molecule has 1 aliphatic heterocycles. The number of halogens is 2. The largest absolute Gasteiger partial charge is 0.487 e. The molecule has 9 heteroatoms. The first kappa shape index (κ1) is 18.1. The van der Waals surface area contributed by atoms with E-state index in [0.717, 1.165) is 35.0 Å². The molecule has 1 saturated carbocycles. The van der Waals surface area contributed by atoms with Gasteiger partial charge in [-0.15, -0.1) is 0 Å². The van der Waals surface area contributed by atoms with E-state index in [0.29, 0.717) is 11.8 Å². The first-order valence-corrected chi connectivity index (χ1v) is 10.0. The van der Waals surface area contributed by atoms with Gasteiger partial charge in [-0.2, -0.15) is 4.31 Å². The van der Waals surface area contributed by atoms with Crippen molar-refractivity contribution in [1.29, 1.82) is 0 Å². The van der Waals surface area contributed by atoms with Gasteiger partial charge in [0.2, 0.25) is 10.0 Å². The van der Waals surface area contributed by atoms with Gasteiger partial charge in [-0.1, -0.05) is 0 Å². The van der Waals surface area contributed by atoms with Gasteiger partial charge in [0.05, 0.1) is 18.0 Å². The van der Waals surface area contributed by atoms with E-state index in [-0.39, 0.29) is 29.6 Å². The van der Waals surface area contributed by atoms with Crippen molar-refractivity contribution in [2.45, 2.75) is 36.8 Å². The molecule has 0 atom stereocenters. The minimum Gasteiger partial charge on any atom is -0.487 e. The van der Waals surface area contributed by atoms with Crippen molar-refractivity contribution in [3.8, 4) is 5.75 Å². The lowest BCUT2D eigenvalue weighted by Crippen LogP contribution is -2.56. The monoisotopic (exact) mass is 396 g/mol. The van der Waals surface area contributed by atoms with Crippen LogP contribution in [-0.4, -0.2) is 36.5 Å². The van der Waals surface area contributed by atoms with Gasteiger partial charge in [0.15, 0.2) is 11.6 Å². The number of nitrogens with zero attached hydrogens (tertiary/aromatic N) is 2. The van der Waals surface area contributed by atoms with Gasteiger partial charge in [0.1, 0.15) is 11.9 Å². The highest BCUT2D eigenvalue weighted by atomic mass is 32.2. The lowest BCUT2D eigenvalue weighted by Gasteiger charge is -2.37. The van der Waals surface area contributed by atoms with Crippen LogP contribution >= 0.6 is 0 Å². The smallest absolute Gasteiger partial charge is 0.254 e. The lowest BCUT2D eigenvalue weighted by molar-refractivity contribution is 0.0758. The van der Waals surface area contributed by atoms with E-state index in [1.165, 1.54) is 6.07 Å². The zero-order valence-corrected chi connectivity index (χ0v) is 15.4. The van der Waals surface area contributed by atoms with Gasteiger partial charge >= 0.3 is 0 Å². The average Bonchev–Trinajstić information content (AvgIpc) is 3.37. The molecule has 4 rings (SSSR count). The molecule has 0 radical (unpaired) electrons. The Bertz CT molecular complexity index is 1060. The number of aryl methyl sites for hydroxylation is 1. The second-order valence-corrected chi connectivity index (χ2v) is 8.85. The summed E-state index contributed by atoms with van der Waals surface area (Å²) < 4.78 is 59.8. The highest BCUT2D eigenvalue weighted by molar-refractivity contribution is 7.89. The zero-order chi connectivity index (χ0) is 19.3. The molecular formula is C18H18F2N2O4S. The summed E-state index contributed by atoms with van der Waals surface area (Å²) in [4.78, 5) is 11.9. The van der Waals surface area contributed by atoms with Crippen LogP contribution in [0.15, 0.2) is 40.0 Å².